The zero-order valence-corrected chi connectivity index (χ0v) is 8.52. The molecule has 14 heavy (non-hydrogen) atoms. The molecule has 0 saturated carbocycles. The molecule has 0 aromatic rings. The van der Waals surface area contributed by atoms with Gasteiger partial charge < -0.3 is 15.0 Å². The number of rotatable bonds is 7. The van der Waals surface area contributed by atoms with Crippen LogP contribution < -0.4 is 5.32 Å². The Labute approximate surface area is 82.2 Å². The molecule has 0 saturated heterocycles. The van der Waals surface area contributed by atoms with Gasteiger partial charge in [0.25, 0.3) is 0 Å². The Morgan fingerprint density at radius 2 is 1.86 bits per heavy atom. The lowest BCUT2D eigenvalue weighted by Crippen LogP contribution is -2.31. The number of ether oxygens (including phenoxy) is 1. The van der Waals surface area contributed by atoms with E-state index in [-0.39, 0.29) is 6.54 Å². The standard InChI is InChI=1S/C8H17F3N2O/c1-13(2)4-6-14-5-3-12-7-8(9,10)11/h12H,3-7H2,1-2H3. The smallest absolute Gasteiger partial charge is 0.379 e. The first-order chi connectivity index (χ1) is 6.42. The lowest BCUT2D eigenvalue weighted by atomic mass is 10.5. The predicted octanol–water partition coefficient (Wildman–Crippen LogP) is 0.716. The van der Waals surface area contributed by atoms with Crippen molar-refractivity contribution < 1.29 is 17.9 Å². The minimum absolute atomic E-state index is 0.229. The monoisotopic (exact) mass is 214 g/mol. The van der Waals surface area contributed by atoms with Crippen LogP contribution in [0.25, 0.3) is 0 Å². The molecular formula is C8H17F3N2O. The normalized spacial score (nSPS) is 12.4. The molecule has 0 aromatic carbocycles. The van der Waals surface area contributed by atoms with E-state index in [1.54, 1.807) is 0 Å². The summed E-state index contributed by atoms with van der Waals surface area (Å²) >= 11 is 0. The molecular weight excluding hydrogens is 197 g/mol. The van der Waals surface area contributed by atoms with Gasteiger partial charge in [0.2, 0.25) is 0 Å². The van der Waals surface area contributed by atoms with E-state index in [0.717, 1.165) is 6.54 Å². The second kappa shape index (κ2) is 7.03. The Bertz CT molecular complexity index is 139. The highest BCUT2D eigenvalue weighted by molar-refractivity contribution is 4.54. The lowest BCUT2D eigenvalue weighted by molar-refractivity contribution is -0.125. The highest BCUT2D eigenvalue weighted by atomic mass is 19.4. The van der Waals surface area contributed by atoms with Gasteiger partial charge in [-0.3, -0.25) is 0 Å². The molecule has 0 aromatic heterocycles. The van der Waals surface area contributed by atoms with Crippen molar-refractivity contribution in [2.75, 3.05) is 46.9 Å². The van der Waals surface area contributed by atoms with Crippen LogP contribution in [-0.4, -0.2) is 58.0 Å². The van der Waals surface area contributed by atoms with E-state index in [1.807, 2.05) is 19.0 Å². The van der Waals surface area contributed by atoms with E-state index in [1.165, 1.54) is 0 Å². The summed E-state index contributed by atoms with van der Waals surface area (Å²) in [6, 6.07) is 0. The van der Waals surface area contributed by atoms with Crippen LogP contribution in [-0.2, 0) is 4.74 Å². The molecule has 0 radical (unpaired) electrons. The largest absolute Gasteiger partial charge is 0.401 e. The molecule has 0 unspecified atom stereocenters. The fourth-order valence-corrected chi connectivity index (χ4v) is 0.724. The van der Waals surface area contributed by atoms with E-state index in [4.69, 9.17) is 4.74 Å². The fourth-order valence-electron chi connectivity index (χ4n) is 0.724. The molecule has 3 nitrogen and oxygen atoms in total. The summed E-state index contributed by atoms with van der Waals surface area (Å²) in [6.45, 7) is 0.904. The van der Waals surface area contributed by atoms with Gasteiger partial charge in [0.1, 0.15) is 0 Å². The molecule has 0 fully saturated rings. The number of nitrogens with one attached hydrogen (secondary N) is 1. The molecule has 0 heterocycles. The molecule has 0 aliphatic heterocycles. The number of likely N-dealkylation sites (N-methyl/N-ethyl adjacent to an activating group) is 1. The van der Waals surface area contributed by atoms with Crippen molar-refractivity contribution in [3.63, 3.8) is 0 Å². The highest BCUT2D eigenvalue weighted by Gasteiger charge is 2.25. The van der Waals surface area contributed by atoms with Crippen LogP contribution >= 0.6 is 0 Å². The minimum atomic E-state index is -4.14. The minimum Gasteiger partial charge on any atom is -0.379 e. The van der Waals surface area contributed by atoms with E-state index in [9.17, 15) is 13.2 Å². The molecule has 0 bridgehead atoms. The summed E-state index contributed by atoms with van der Waals surface area (Å²) in [5, 5.41) is 2.25. The topological polar surface area (TPSA) is 24.5 Å². The van der Waals surface area contributed by atoms with Gasteiger partial charge in [-0.05, 0) is 14.1 Å². The summed E-state index contributed by atoms with van der Waals surface area (Å²) < 4.78 is 40.0. The van der Waals surface area contributed by atoms with Crippen LogP contribution in [0, 0.1) is 0 Å². The summed E-state index contributed by atoms with van der Waals surface area (Å²) in [5.74, 6) is 0. The van der Waals surface area contributed by atoms with E-state index < -0.39 is 12.7 Å². The lowest BCUT2D eigenvalue weighted by Gasteiger charge is -2.11. The van der Waals surface area contributed by atoms with Gasteiger partial charge in [0.05, 0.1) is 19.8 Å². The number of nitrogens with zero attached hydrogens (tertiary/aromatic N) is 1. The molecule has 1 N–H and O–H groups in total. The van der Waals surface area contributed by atoms with Crippen molar-refractivity contribution in [1.82, 2.24) is 10.2 Å². The quantitative estimate of drug-likeness (QED) is 0.632. The van der Waals surface area contributed by atoms with Crippen LogP contribution in [0.15, 0.2) is 0 Å². The molecule has 0 spiro atoms. The predicted molar refractivity (Wildman–Crippen MR) is 48.3 cm³/mol. The Balaban J connectivity index is 3.07. The third-order valence-corrected chi connectivity index (χ3v) is 1.43. The molecule has 0 atom stereocenters. The van der Waals surface area contributed by atoms with Crippen molar-refractivity contribution in [3.05, 3.63) is 0 Å². The average Bonchev–Trinajstić information content (AvgIpc) is 2.00. The van der Waals surface area contributed by atoms with Gasteiger partial charge in [-0.1, -0.05) is 0 Å². The van der Waals surface area contributed by atoms with E-state index >= 15 is 0 Å². The van der Waals surface area contributed by atoms with Gasteiger partial charge in [-0.25, -0.2) is 0 Å². The summed E-state index contributed by atoms with van der Waals surface area (Å²) in [4.78, 5) is 1.95. The zero-order chi connectivity index (χ0) is 11.0. The third-order valence-electron chi connectivity index (χ3n) is 1.43. The third kappa shape index (κ3) is 11.7. The van der Waals surface area contributed by atoms with Crippen LogP contribution in [0.2, 0.25) is 0 Å². The molecule has 0 aliphatic carbocycles. The van der Waals surface area contributed by atoms with Crippen molar-refractivity contribution >= 4 is 0 Å². The van der Waals surface area contributed by atoms with Gasteiger partial charge in [0, 0.05) is 13.1 Å². The first-order valence-corrected chi connectivity index (χ1v) is 4.42. The molecule has 6 heteroatoms. The SMILES string of the molecule is CN(C)CCOCCNCC(F)(F)F. The maximum Gasteiger partial charge on any atom is 0.401 e. The highest BCUT2D eigenvalue weighted by Crippen LogP contribution is 2.11. The van der Waals surface area contributed by atoms with Crippen LogP contribution in [0.3, 0.4) is 0 Å². The van der Waals surface area contributed by atoms with Crippen molar-refractivity contribution in [2.45, 2.75) is 6.18 Å². The summed E-state index contributed by atoms with van der Waals surface area (Å²) in [7, 11) is 3.82. The first kappa shape index (κ1) is 13.7. The zero-order valence-electron chi connectivity index (χ0n) is 8.52. The number of hydrogen-bond donors (Lipinski definition) is 1. The van der Waals surface area contributed by atoms with Gasteiger partial charge in [-0.2, -0.15) is 13.2 Å². The Morgan fingerprint density at radius 3 is 2.36 bits per heavy atom. The summed E-state index contributed by atoms with van der Waals surface area (Å²) in [6.07, 6.45) is -4.14. The van der Waals surface area contributed by atoms with Crippen molar-refractivity contribution in [3.8, 4) is 0 Å². The molecule has 0 amide bonds. The second-order valence-corrected chi connectivity index (χ2v) is 3.21. The summed E-state index contributed by atoms with van der Waals surface area (Å²) in [5.41, 5.74) is 0. The number of alkyl halides is 3. The number of halogens is 3. The van der Waals surface area contributed by atoms with Crippen molar-refractivity contribution in [2.24, 2.45) is 0 Å². The average molecular weight is 214 g/mol. The molecule has 0 aliphatic rings. The van der Waals surface area contributed by atoms with Gasteiger partial charge in [0.15, 0.2) is 0 Å². The van der Waals surface area contributed by atoms with Gasteiger partial charge in [-0.15, -0.1) is 0 Å². The Kier molecular flexibility index (Phi) is 6.86. The Hall–Kier alpha value is -0.330. The van der Waals surface area contributed by atoms with Crippen LogP contribution in [0.5, 0.6) is 0 Å². The molecule has 86 valence electrons. The maximum absolute atomic E-state index is 11.6. The van der Waals surface area contributed by atoms with Crippen LogP contribution in [0.4, 0.5) is 13.2 Å². The number of hydrogen-bond acceptors (Lipinski definition) is 3. The Morgan fingerprint density at radius 1 is 1.21 bits per heavy atom. The molecule has 0 rings (SSSR count). The van der Waals surface area contributed by atoms with Gasteiger partial charge >= 0.3 is 6.18 Å². The first-order valence-electron chi connectivity index (χ1n) is 4.42. The van der Waals surface area contributed by atoms with Crippen molar-refractivity contribution in [1.29, 1.82) is 0 Å². The fraction of sp³-hybridized carbons (Fsp3) is 1.00. The maximum atomic E-state index is 11.6. The van der Waals surface area contributed by atoms with E-state index in [2.05, 4.69) is 5.32 Å². The van der Waals surface area contributed by atoms with Crippen LogP contribution in [0.1, 0.15) is 0 Å². The second-order valence-electron chi connectivity index (χ2n) is 3.21. The van der Waals surface area contributed by atoms with E-state index in [0.29, 0.717) is 13.2 Å².